The number of carbonyl (C=O) groups is 1. The molecule has 15 heavy (non-hydrogen) atoms. The third-order valence-electron chi connectivity index (χ3n) is 1.67. The fraction of sp³-hybridized carbons (Fsp3) is 0.500. The van der Waals surface area contributed by atoms with E-state index >= 15 is 0 Å². The molecule has 0 spiro atoms. The summed E-state index contributed by atoms with van der Waals surface area (Å²) in [4.78, 5) is 32.4. The maximum Gasteiger partial charge on any atom is 0.330 e. The molecule has 82 valence electrons. The van der Waals surface area contributed by atoms with Crippen LogP contribution in [0.5, 0.6) is 0 Å². The monoisotopic (exact) mass is 213 g/mol. The predicted molar refractivity (Wildman–Crippen MR) is 50.4 cm³/mol. The second kappa shape index (κ2) is 5.08. The second-order valence-corrected chi connectivity index (χ2v) is 2.88. The Hall–Kier alpha value is -1.92. The van der Waals surface area contributed by atoms with Crippen molar-refractivity contribution in [2.45, 2.75) is 19.9 Å². The zero-order valence-corrected chi connectivity index (χ0v) is 8.23. The third kappa shape index (κ3) is 3.37. The van der Waals surface area contributed by atoms with Gasteiger partial charge >= 0.3 is 17.1 Å². The standard InChI is InChI=1S/C8H11N3O4/c1-6(12)15-4-2-3-11-5-9-10-7(13)8(11)14/h5H,2-4H2,1H3,(H,10,13). The van der Waals surface area contributed by atoms with E-state index in [-0.39, 0.29) is 12.6 Å². The van der Waals surface area contributed by atoms with Crippen molar-refractivity contribution in [3.8, 4) is 0 Å². The highest BCUT2D eigenvalue weighted by Crippen LogP contribution is 1.86. The van der Waals surface area contributed by atoms with Gasteiger partial charge in [0.15, 0.2) is 0 Å². The molecule has 7 nitrogen and oxygen atoms in total. The lowest BCUT2D eigenvalue weighted by Crippen LogP contribution is -2.36. The van der Waals surface area contributed by atoms with Crippen LogP contribution in [0.3, 0.4) is 0 Å². The lowest BCUT2D eigenvalue weighted by molar-refractivity contribution is -0.141. The van der Waals surface area contributed by atoms with E-state index in [4.69, 9.17) is 0 Å². The first-order chi connectivity index (χ1) is 7.11. The number of hydrogen-bond acceptors (Lipinski definition) is 5. The molecule has 0 aromatic carbocycles. The van der Waals surface area contributed by atoms with Gasteiger partial charge in [-0.1, -0.05) is 0 Å². The van der Waals surface area contributed by atoms with Crippen LogP contribution in [-0.4, -0.2) is 27.3 Å². The van der Waals surface area contributed by atoms with E-state index in [1.807, 2.05) is 5.10 Å². The normalized spacial score (nSPS) is 9.93. The molecule has 0 aliphatic carbocycles. The molecule has 7 heteroatoms. The highest BCUT2D eigenvalue weighted by Gasteiger charge is 2.00. The van der Waals surface area contributed by atoms with Crippen LogP contribution in [0.25, 0.3) is 0 Å². The Bertz CT molecular complexity index is 448. The number of nitrogens with zero attached hydrogens (tertiary/aromatic N) is 2. The molecule has 0 atom stereocenters. The van der Waals surface area contributed by atoms with Gasteiger partial charge in [0.05, 0.1) is 6.61 Å². The Morgan fingerprint density at radius 2 is 2.33 bits per heavy atom. The maximum absolute atomic E-state index is 11.2. The van der Waals surface area contributed by atoms with Gasteiger partial charge in [0.1, 0.15) is 6.33 Å². The largest absolute Gasteiger partial charge is 0.466 e. The van der Waals surface area contributed by atoms with Crippen molar-refractivity contribution in [2.75, 3.05) is 6.61 Å². The summed E-state index contributed by atoms with van der Waals surface area (Å²) < 4.78 is 5.84. The lowest BCUT2D eigenvalue weighted by atomic mass is 10.4. The first-order valence-electron chi connectivity index (χ1n) is 4.39. The topological polar surface area (TPSA) is 94.1 Å². The number of aromatic nitrogens is 3. The minimum atomic E-state index is -0.759. The van der Waals surface area contributed by atoms with E-state index in [0.717, 1.165) is 0 Å². The average molecular weight is 213 g/mol. The van der Waals surface area contributed by atoms with Crippen LogP contribution in [0, 0.1) is 0 Å². The van der Waals surface area contributed by atoms with Gasteiger partial charge in [0, 0.05) is 13.5 Å². The van der Waals surface area contributed by atoms with Crippen molar-refractivity contribution in [2.24, 2.45) is 0 Å². The van der Waals surface area contributed by atoms with Crippen LogP contribution < -0.4 is 11.1 Å². The van der Waals surface area contributed by atoms with Crippen molar-refractivity contribution in [1.29, 1.82) is 0 Å². The minimum absolute atomic E-state index is 0.217. The molecule has 0 aliphatic rings. The fourth-order valence-electron chi connectivity index (χ4n) is 0.998. The summed E-state index contributed by atoms with van der Waals surface area (Å²) in [6.07, 6.45) is 1.70. The molecule has 0 radical (unpaired) electrons. The van der Waals surface area contributed by atoms with Crippen molar-refractivity contribution < 1.29 is 9.53 Å². The molecule has 1 N–H and O–H groups in total. The van der Waals surface area contributed by atoms with E-state index in [2.05, 4.69) is 9.84 Å². The maximum atomic E-state index is 11.2. The molecule has 1 heterocycles. The van der Waals surface area contributed by atoms with E-state index < -0.39 is 11.1 Å². The molecule has 1 aromatic heterocycles. The molecular weight excluding hydrogens is 202 g/mol. The fourth-order valence-corrected chi connectivity index (χ4v) is 0.998. The van der Waals surface area contributed by atoms with Gasteiger partial charge < -0.3 is 4.74 Å². The zero-order valence-electron chi connectivity index (χ0n) is 8.23. The highest BCUT2D eigenvalue weighted by molar-refractivity contribution is 5.65. The number of carbonyl (C=O) groups excluding carboxylic acids is 1. The Balaban J connectivity index is 2.52. The number of nitrogens with one attached hydrogen (secondary N) is 1. The molecule has 0 unspecified atom stereocenters. The summed E-state index contributed by atoms with van der Waals surface area (Å²) in [5, 5.41) is 5.50. The second-order valence-electron chi connectivity index (χ2n) is 2.88. The number of rotatable bonds is 4. The summed E-state index contributed by atoms with van der Waals surface area (Å²) in [5.74, 6) is -0.369. The van der Waals surface area contributed by atoms with Crippen molar-refractivity contribution >= 4 is 5.97 Å². The van der Waals surface area contributed by atoms with Gasteiger partial charge in [0.25, 0.3) is 0 Å². The molecule has 0 bridgehead atoms. The number of hydrogen-bond donors (Lipinski definition) is 1. The van der Waals surface area contributed by atoms with E-state index in [1.165, 1.54) is 17.8 Å². The first-order valence-corrected chi connectivity index (χ1v) is 4.39. The van der Waals surface area contributed by atoms with Gasteiger partial charge in [0.2, 0.25) is 0 Å². The highest BCUT2D eigenvalue weighted by atomic mass is 16.5. The lowest BCUT2D eigenvalue weighted by Gasteiger charge is -2.03. The number of ether oxygens (including phenoxy) is 1. The van der Waals surface area contributed by atoms with Crippen LogP contribution >= 0.6 is 0 Å². The predicted octanol–water partition coefficient (Wildman–Crippen LogP) is -1.12. The van der Waals surface area contributed by atoms with Crippen molar-refractivity contribution in [3.63, 3.8) is 0 Å². The Morgan fingerprint density at radius 1 is 1.60 bits per heavy atom. The summed E-state index contributed by atoms with van der Waals surface area (Å²) in [7, 11) is 0. The van der Waals surface area contributed by atoms with Gasteiger partial charge in [-0.25, -0.2) is 5.10 Å². The summed E-state index contributed by atoms with van der Waals surface area (Å²) >= 11 is 0. The zero-order chi connectivity index (χ0) is 11.3. The molecular formula is C8H11N3O4. The summed E-state index contributed by atoms with van der Waals surface area (Å²) in [5.41, 5.74) is -1.42. The van der Waals surface area contributed by atoms with Crippen molar-refractivity contribution in [1.82, 2.24) is 14.8 Å². The van der Waals surface area contributed by atoms with Gasteiger partial charge in [-0.3, -0.25) is 19.0 Å². The molecule has 0 amide bonds. The number of H-pyrrole nitrogens is 1. The number of esters is 1. The SMILES string of the molecule is CC(=O)OCCCn1cn[nH]c(=O)c1=O. The van der Waals surface area contributed by atoms with Gasteiger partial charge in [-0.2, -0.15) is 5.10 Å². The molecule has 0 fully saturated rings. The molecule has 1 aromatic rings. The Labute approximate surface area is 84.7 Å². The Kier molecular flexibility index (Phi) is 3.78. The van der Waals surface area contributed by atoms with Crippen LogP contribution in [-0.2, 0) is 16.1 Å². The van der Waals surface area contributed by atoms with Crippen LogP contribution in [0.15, 0.2) is 15.9 Å². The van der Waals surface area contributed by atoms with E-state index in [0.29, 0.717) is 13.0 Å². The summed E-state index contributed by atoms with van der Waals surface area (Å²) in [6, 6.07) is 0. The summed E-state index contributed by atoms with van der Waals surface area (Å²) in [6.45, 7) is 1.82. The van der Waals surface area contributed by atoms with E-state index in [9.17, 15) is 14.4 Å². The number of aryl methyl sites for hydroxylation is 1. The van der Waals surface area contributed by atoms with E-state index in [1.54, 1.807) is 0 Å². The van der Waals surface area contributed by atoms with Gasteiger partial charge in [-0.15, -0.1) is 0 Å². The molecule has 1 rings (SSSR count). The van der Waals surface area contributed by atoms with Gasteiger partial charge in [-0.05, 0) is 6.42 Å². The third-order valence-corrected chi connectivity index (χ3v) is 1.67. The first kappa shape index (κ1) is 11.2. The van der Waals surface area contributed by atoms with Crippen LogP contribution in [0.1, 0.15) is 13.3 Å². The smallest absolute Gasteiger partial charge is 0.330 e. The Morgan fingerprint density at radius 3 is 3.00 bits per heavy atom. The molecule has 0 saturated heterocycles. The average Bonchev–Trinajstić information content (AvgIpc) is 2.18. The van der Waals surface area contributed by atoms with Crippen molar-refractivity contribution in [3.05, 3.63) is 27.0 Å². The molecule has 0 saturated carbocycles. The number of aromatic amines is 1. The minimum Gasteiger partial charge on any atom is -0.466 e. The molecule has 0 aliphatic heterocycles. The van der Waals surface area contributed by atoms with Crippen LogP contribution in [0.2, 0.25) is 0 Å². The van der Waals surface area contributed by atoms with Crippen LogP contribution in [0.4, 0.5) is 0 Å². The quantitative estimate of drug-likeness (QED) is 0.388.